The van der Waals surface area contributed by atoms with E-state index in [9.17, 15) is 0 Å². The Hall–Kier alpha value is -2.71. The molecule has 7 nitrogen and oxygen atoms in total. The largest absolute Gasteiger partial charge is 0.313 e. The zero-order valence-corrected chi connectivity index (χ0v) is 17.2. The van der Waals surface area contributed by atoms with Gasteiger partial charge in [-0.15, -0.1) is 10.2 Å². The zero-order valence-electron chi connectivity index (χ0n) is 15.6. The minimum atomic E-state index is 0.722. The van der Waals surface area contributed by atoms with Crippen molar-refractivity contribution in [1.82, 2.24) is 29.8 Å². The van der Waals surface area contributed by atoms with E-state index in [1.165, 1.54) is 16.9 Å². The molecule has 0 aliphatic heterocycles. The van der Waals surface area contributed by atoms with Crippen LogP contribution in [0.25, 0.3) is 0 Å². The fourth-order valence-electron chi connectivity index (χ4n) is 2.90. The van der Waals surface area contributed by atoms with Crippen molar-refractivity contribution in [2.75, 3.05) is 5.32 Å². The molecule has 0 atom stereocenters. The third-order valence-electron chi connectivity index (χ3n) is 4.36. The van der Waals surface area contributed by atoms with Crippen LogP contribution in [0.3, 0.4) is 0 Å². The average Bonchev–Trinajstić information content (AvgIpc) is 3.39. The molecule has 4 aromatic rings. The number of halogens is 1. The molecule has 0 aliphatic carbocycles. The standard InChI is InChI=1S/C19H20ClN7S/c1-13-18(20)14(2)27(24-13)11-9-17-22-23-19(28-17)21-16-8-10-26(25-16)12-15-6-4-3-5-7-15/h3-8,10H,9,11-12H2,1-2H3,(H,21,23,25). The maximum Gasteiger partial charge on any atom is 0.211 e. The summed E-state index contributed by atoms with van der Waals surface area (Å²) in [6.07, 6.45) is 2.70. The maximum absolute atomic E-state index is 6.20. The molecule has 9 heteroatoms. The van der Waals surface area contributed by atoms with Gasteiger partial charge in [0, 0.05) is 25.2 Å². The Morgan fingerprint density at radius 2 is 1.89 bits per heavy atom. The van der Waals surface area contributed by atoms with Gasteiger partial charge in [0.15, 0.2) is 5.82 Å². The van der Waals surface area contributed by atoms with E-state index in [0.29, 0.717) is 0 Å². The molecule has 0 aliphatic rings. The smallest absolute Gasteiger partial charge is 0.211 e. The van der Waals surface area contributed by atoms with Gasteiger partial charge in [0.2, 0.25) is 5.13 Å². The molecule has 0 saturated heterocycles. The molecule has 0 unspecified atom stereocenters. The summed E-state index contributed by atoms with van der Waals surface area (Å²) < 4.78 is 3.81. The van der Waals surface area contributed by atoms with Crippen molar-refractivity contribution in [3.05, 3.63) is 69.6 Å². The first-order valence-corrected chi connectivity index (χ1v) is 10.1. The third kappa shape index (κ3) is 4.23. The van der Waals surface area contributed by atoms with Crippen LogP contribution in [0, 0.1) is 13.8 Å². The minimum Gasteiger partial charge on any atom is -0.313 e. The van der Waals surface area contributed by atoms with Crippen LogP contribution < -0.4 is 5.32 Å². The summed E-state index contributed by atoms with van der Waals surface area (Å²) in [5.41, 5.74) is 3.04. The van der Waals surface area contributed by atoms with Crippen molar-refractivity contribution in [2.45, 2.75) is 33.4 Å². The minimum absolute atomic E-state index is 0.722. The van der Waals surface area contributed by atoms with Crippen LogP contribution in [0.1, 0.15) is 22.0 Å². The van der Waals surface area contributed by atoms with Gasteiger partial charge < -0.3 is 5.32 Å². The molecule has 3 aromatic heterocycles. The Labute approximate surface area is 172 Å². The summed E-state index contributed by atoms with van der Waals surface area (Å²) in [6, 6.07) is 12.2. The second kappa shape index (κ2) is 8.12. The Morgan fingerprint density at radius 3 is 2.64 bits per heavy atom. The Morgan fingerprint density at radius 1 is 1.07 bits per heavy atom. The molecule has 144 valence electrons. The molecule has 3 heterocycles. The second-order valence-electron chi connectivity index (χ2n) is 6.47. The van der Waals surface area contributed by atoms with E-state index in [0.717, 1.165) is 51.9 Å². The molecule has 0 saturated carbocycles. The molecule has 4 rings (SSSR count). The van der Waals surface area contributed by atoms with Crippen molar-refractivity contribution in [1.29, 1.82) is 0 Å². The lowest BCUT2D eigenvalue weighted by Crippen LogP contribution is -2.05. The van der Waals surface area contributed by atoms with E-state index in [4.69, 9.17) is 11.6 Å². The summed E-state index contributed by atoms with van der Waals surface area (Å²) in [5.74, 6) is 0.754. The van der Waals surface area contributed by atoms with E-state index in [-0.39, 0.29) is 0 Å². The van der Waals surface area contributed by atoms with Gasteiger partial charge in [-0.25, -0.2) is 0 Å². The van der Waals surface area contributed by atoms with Gasteiger partial charge in [0.1, 0.15) is 5.01 Å². The van der Waals surface area contributed by atoms with E-state index in [1.54, 1.807) is 0 Å². The van der Waals surface area contributed by atoms with Crippen molar-refractivity contribution in [3.63, 3.8) is 0 Å². The average molecular weight is 414 g/mol. The Kier molecular flexibility index (Phi) is 5.40. The van der Waals surface area contributed by atoms with Crippen LogP contribution >= 0.6 is 22.9 Å². The summed E-state index contributed by atoms with van der Waals surface area (Å²) in [6.45, 7) is 5.34. The van der Waals surface area contributed by atoms with Crippen LogP contribution in [-0.4, -0.2) is 29.8 Å². The summed E-state index contributed by atoms with van der Waals surface area (Å²) in [5, 5.41) is 23.1. The van der Waals surface area contributed by atoms with Gasteiger partial charge in [0.05, 0.1) is 23.0 Å². The Bertz CT molecular complexity index is 1070. The molecule has 0 radical (unpaired) electrons. The van der Waals surface area contributed by atoms with Gasteiger partial charge >= 0.3 is 0 Å². The lowest BCUT2D eigenvalue weighted by atomic mass is 10.2. The van der Waals surface area contributed by atoms with Crippen LogP contribution in [0.5, 0.6) is 0 Å². The monoisotopic (exact) mass is 413 g/mol. The summed E-state index contributed by atoms with van der Waals surface area (Å²) in [4.78, 5) is 0. The normalized spacial score (nSPS) is 11.1. The quantitative estimate of drug-likeness (QED) is 0.490. The number of aromatic nitrogens is 6. The van der Waals surface area contributed by atoms with Crippen LogP contribution in [0.2, 0.25) is 5.02 Å². The molecule has 0 fully saturated rings. The molecule has 0 bridgehead atoms. The first-order valence-electron chi connectivity index (χ1n) is 8.95. The SMILES string of the molecule is Cc1nn(CCc2nnc(Nc3ccn(Cc4ccccc4)n3)s2)c(C)c1Cl. The molecule has 1 N–H and O–H groups in total. The molecular formula is C19H20ClN7S. The first kappa shape index (κ1) is 18.6. The van der Waals surface area contributed by atoms with E-state index >= 15 is 0 Å². The third-order valence-corrected chi connectivity index (χ3v) is 5.81. The van der Waals surface area contributed by atoms with Crippen molar-refractivity contribution < 1.29 is 0 Å². The lowest BCUT2D eigenvalue weighted by molar-refractivity contribution is 0.591. The summed E-state index contributed by atoms with van der Waals surface area (Å²) in [7, 11) is 0. The molecule has 1 aromatic carbocycles. The highest BCUT2D eigenvalue weighted by molar-refractivity contribution is 7.15. The van der Waals surface area contributed by atoms with Crippen molar-refractivity contribution >= 4 is 33.9 Å². The summed E-state index contributed by atoms with van der Waals surface area (Å²) >= 11 is 7.72. The highest BCUT2D eigenvalue weighted by atomic mass is 35.5. The maximum atomic E-state index is 6.20. The molecule has 28 heavy (non-hydrogen) atoms. The number of nitrogens with one attached hydrogen (secondary N) is 1. The number of benzene rings is 1. The molecular weight excluding hydrogens is 394 g/mol. The number of hydrogen-bond acceptors (Lipinski definition) is 6. The van der Waals surface area contributed by atoms with Gasteiger partial charge in [-0.2, -0.15) is 10.2 Å². The van der Waals surface area contributed by atoms with Crippen LogP contribution in [0.15, 0.2) is 42.6 Å². The van der Waals surface area contributed by atoms with E-state index < -0.39 is 0 Å². The number of hydrogen-bond donors (Lipinski definition) is 1. The molecule has 0 spiro atoms. The molecule has 0 amide bonds. The predicted molar refractivity (Wildman–Crippen MR) is 111 cm³/mol. The topological polar surface area (TPSA) is 73.5 Å². The van der Waals surface area contributed by atoms with Crippen molar-refractivity contribution in [3.8, 4) is 0 Å². The Balaban J connectivity index is 1.35. The number of aryl methyl sites for hydroxylation is 3. The van der Waals surface area contributed by atoms with Crippen LogP contribution in [0.4, 0.5) is 10.9 Å². The first-order chi connectivity index (χ1) is 13.6. The number of nitrogens with zero attached hydrogens (tertiary/aromatic N) is 6. The lowest BCUT2D eigenvalue weighted by Gasteiger charge is -2.02. The fraction of sp³-hybridized carbons (Fsp3) is 0.263. The number of rotatable bonds is 7. The van der Waals surface area contributed by atoms with Crippen LogP contribution in [-0.2, 0) is 19.5 Å². The van der Waals surface area contributed by atoms with E-state index in [1.807, 2.05) is 53.7 Å². The highest BCUT2D eigenvalue weighted by Gasteiger charge is 2.11. The van der Waals surface area contributed by atoms with E-state index in [2.05, 4.69) is 37.8 Å². The highest BCUT2D eigenvalue weighted by Crippen LogP contribution is 2.22. The van der Waals surface area contributed by atoms with Gasteiger partial charge in [-0.3, -0.25) is 9.36 Å². The number of anilines is 2. The second-order valence-corrected chi connectivity index (χ2v) is 7.91. The fourth-order valence-corrected chi connectivity index (χ4v) is 3.77. The van der Waals surface area contributed by atoms with Gasteiger partial charge in [-0.05, 0) is 19.4 Å². The van der Waals surface area contributed by atoms with Crippen molar-refractivity contribution in [2.24, 2.45) is 0 Å². The van der Waals surface area contributed by atoms with Gasteiger partial charge in [0.25, 0.3) is 0 Å². The zero-order chi connectivity index (χ0) is 19.5. The van der Waals surface area contributed by atoms with Gasteiger partial charge in [-0.1, -0.05) is 53.3 Å². The predicted octanol–water partition coefficient (Wildman–Crippen LogP) is 4.24.